The lowest BCUT2D eigenvalue weighted by atomic mass is 10.1. The minimum absolute atomic E-state index is 0.113. The Morgan fingerprint density at radius 3 is 2.32 bits per heavy atom. The first-order valence-electron chi connectivity index (χ1n) is 6.84. The third kappa shape index (κ3) is 3.93. The van der Waals surface area contributed by atoms with Gasteiger partial charge in [-0.15, -0.1) is 0 Å². The van der Waals surface area contributed by atoms with Crippen LogP contribution in [0.3, 0.4) is 0 Å². The van der Waals surface area contributed by atoms with E-state index >= 15 is 0 Å². The molecule has 3 N–H and O–H groups in total. The number of aryl methyl sites for hydroxylation is 1. The van der Waals surface area contributed by atoms with E-state index < -0.39 is 15.9 Å². The lowest BCUT2D eigenvalue weighted by Crippen LogP contribution is -2.26. The highest BCUT2D eigenvalue weighted by atomic mass is 32.2. The lowest BCUT2D eigenvalue weighted by Gasteiger charge is -2.08. The molecule has 2 aromatic carbocycles. The first-order chi connectivity index (χ1) is 10.4. The van der Waals surface area contributed by atoms with Crippen LogP contribution in [0.15, 0.2) is 53.4 Å². The lowest BCUT2D eigenvalue weighted by molar-refractivity contribution is 0.1000. The Morgan fingerprint density at radius 2 is 1.73 bits per heavy atom. The Bertz CT molecular complexity index is 768. The fraction of sp³-hybridized carbons (Fsp3) is 0.188. The molecule has 0 spiro atoms. The van der Waals surface area contributed by atoms with Gasteiger partial charge in [0.15, 0.2) is 0 Å². The molecule has 6 heteroatoms. The van der Waals surface area contributed by atoms with Gasteiger partial charge in [-0.2, -0.15) is 0 Å². The third-order valence-corrected chi connectivity index (χ3v) is 4.87. The second-order valence-electron chi connectivity index (χ2n) is 4.96. The molecular formula is C16H18N2O3S. The van der Waals surface area contributed by atoms with Crippen LogP contribution in [0.2, 0.25) is 0 Å². The Balaban J connectivity index is 2.02. The van der Waals surface area contributed by atoms with Crippen LogP contribution in [0.25, 0.3) is 0 Å². The number of nitrogens with one attached hydrogen (secondary N) is 1. The summed E-state index contributed by atoms with van der Waals surface area (Å²) in [6, 6.07) is 13.4. The Kier molecular flexibility index (Phi) is 4.95. The van der Waals surface area contributed by atoms with Gasteiger partial charge in [0.1, 0.15) is 0 Å². The fourth-order valence-electron chi connectivity index (χ4n) is 2.09. The number of sulfonamides is 1. The molecule has 0 aliphatic carbocycles. The third-order valence-electron chi connectivity index (χ3n) is 3.40. The maximum Gasteiger partial charge on any atom is 0.248 e. The van der Waals surface area contributed by atoms with Crippen molar-refractivity contribution >= 4 is 15.9 Å². The van der Waals surface area contributed by atoms with Crippen LogP contribution in [0.4, 0.5) is 0 Å². The van der Waals surface area contributed by atoms with Crippen molar-refractivity contribution in [3.63, 3.8) is 0 Å². The molecule has 0 aliphatic heterocycles. The summed E-state index contributed by atoms with van der Waals surface area (Å²) in [5.41, 5.74) is 7.64. The zero-order valence-corrected chi connectivity index (χ0v) is 13.1. The van der Waals surface area contributed by atoms with Crippen molar-refractivity contribution in [3.05, 3.63) is 65.2 Å². The monoisotopic (exact) mass is 318 g/mol. The Labute approximate surface area is 130 Å². The van der Waals surface area contributed by atoms with E-state index in [-0.39, 0.29) is 10.5 Å². The molecule has 0 fully saturated rings. The number of hydrogen-bond acceptors (Lipinski definition) is 3. The highest BCUT2D eigenvalue weighted by Gasteiger charge is 2.14. The van der Waals surface area contributed by atoms with Crippen molar-refractivity contribution in [2.75, 3.05) is 6.54 Å². The Morgan fingerprint density at radius 1 is 1.09 bits per heavy atom. The molecule has 2 aromatic rings. The number of hydrogen-bond donors (Lipinski definition) is 2. The average Bonchev–Trinajstić information content (AvgIpc) is 2.49. The number of carbonyl (C=O) groups is 1. The van der Waals surface area contributed by atoms with Gasteiger partial charge in [-0.25, -0.2) is 13.1 Å². The molecule has 0 bridgehead atoms. The molecule has 0 radical (unpaired) electrons. The quantitative estimate of drug-likeness (QED) is 0.848. The first kappa shape index (κ1) is 16.2. The summed E-state index contributed by atoms with van der Waals surface area (Å²) in [5.74, 6) is -0.587. The van der Waals surface area contributed by atoms with Crippen LogP contribution in [0, 0.1) is 6.92 Å². The summed E-state index contributed by atoms with van der Waals surface area (Å²) in [7, 11) is -3.59. The zero-order chi connectivity index (χ0) is 16.2. The van der Waals surface area contributed by atoms with Crippen molar-refractivity contribution in [1.29, 1.82) is 0 Å². The van der Waals surface area contributed by atoms with Crippen molar-refractivity contribution in [2.24, 2.45) is 5.73 Å². The molecule has 0 saturated heterocycles. The van der Waals surface area contributed by atoms with Crippen LogP contribution in [0.5, 0.6) is 0 Å². The number of nitrogens with two attached hydrogens (primary N) is 1. The summed E-state index contributed by atoms with van der Waals surface area (Å²) in [4.78, 5) is 11.1. The highest BCUT2D eigenvalue weighted by Crippen LogP contribution is 2.11. The maximum atomic E-state index is 12.2. The molecular weight excluding hydrogens is 300 g/mol. The second kappa shape index (κ2) is 6.72. The van der Waals surface area contributed by atoms with Gasteiger partial charge in [0, 0.05) is 12.1 Å². The number of carbonyl (C=O) groups excluding carboxylic acids is 1. The van der Waals surface area contributed by atoms with E-state index in [1.165, 1.54) is 24.3 Å². The van der Waals surface area contributed by atoms with Crippen molar-refractivity contribution in [2.45, 2.75) is 18.2 Å². The van der Waals surface area contributed by atoms with Gasteiger partial charge in [-0.3, -0.25) is 4.79 Å². The van der Waals surface area contributed by atoms with E-state index in [0.717, 1.165) is 11.1 Å². The number of benzene rings is 2. The fourth-order valence-corrected chi connectivity index (χ4v) is 3.12. The summed E-state index contributed by atoms with van der Waals surface area (Å²) in [6.07, 6.45) is 0.616. The SMILES string of the molecule is Cc1ccccc1CCNS(=O)(=O)c1ccc(C(N)=O)cc1. The zero-order valence-electron chi connectivity index (χ0n) is 12.2. The molecule has 1 amide bonds. The molecule has 22 heavy (non-hydrogen) atoms. The number of amides is 1. The topological polar surface area (TPSA) is 89.3 Å². The minimum Gasteiger partial charge on any atom is -0.366 e. The molecule has 2 rings (SSSR count). The van der Waals surface area contributed by atoms with Crippen molar-refractivity contribution in [1.82, 2.24) is 4.72 Å². The van der Waals surface area contributed by atoms with E-state index in [4.69, 9.17) is 5.73 Å². The molecule has 0 aromatic heterocycles. The highest BCUT2D eigenvalue weighted by molar-refractivity contribution is 7.89. The van der Waals surface area contributed by atoms with Gasteiger partial charge in [-0.05, 0) is 48.7 Å². The van der Waals surface area contributed by atoms with E-state index in [2.05, 4.69) is 4.72 Å². The molecule has 0 unspecified atom stereocenters. The molecule has 0 heterocycles. The van der Waals surface area contributed by atoms with Crippen molar-refractivity contribution < 1.29 is 13.2 Å². The summed E-state index contributed by atoms with van der Waals surface area (Å²) >= 11 is 0. The summed E-state index contributed by atoms with van der Waals surface area (Å²) in [6.45, 7) is 2.30. The largest absolute Gasteiger partial charge is 0.366 e. The average molecular weight is 318 g/mol. The van der Waals surface area contributed by atoms with Crippen LogP contribution in [-0.4, -0.2) is 20.9 Å². The number of rotatable bonds is 6. The van der Waals surface area contributed by atoms with Crippen LogP contribution >= 0.6 is 0 Å². The molecule has 0 saturated carbocycles. The molecule has 5 nitrogen and oxygen atoms in total. The van der Waals surface area contributed by atoms with E-state index in [9.17, 15) is 13.2 Å². The Hall–Kier alpha value is -2.18. The first-order valence-corrected chi connectivity index (χ1v) is 8.32. The van der Waals surface area contributed by atoms with Gasteiger partial charge >= 0.3 is 0 Å². The van der Waals surface area contributed by atoms with Crippen LogP contribution in [-0.2, 0) is 16.4 Å². The van der Waals surface area contributed by atoms with Gasteiger partial charge < -0.3 is 5.73 Å². The molecule has 116 valence electrons. The van der Waals surface area contributed by atoms with Gasteiger partial charge in [0.25, 0.3) is 0 Å². The normalized spacial score (nSPS) is 11.3. The molecule has 0 atom stereocenters. The van der Waals surface area contributed by atoms with E-state index in [1.54, 1.807) is 0 Å². The van der Waals surface area contributed by atoms with E-state index in [1.807, 2.05) is 31.2 Å². The second-order valence-corrected chi connectivity index (χ2v) is 6.73. The maximum absolute atomic E-state index is 12.2. The van der Waals surface area contributed by atoms with Crippen LogP contribution < -0.4 is 10.5 Å². The standard InChI is InChI=1S/C16H18N2O3S/c1-12-4-2-3-5-13(12)10-11-18-22(20,21)15-8-6-14(7-9-15)16(17)19/h2-9,18H,10-11H2,1H3,(H2,17,19). The predicted octanol–water partition coefficient (Wildman–Crippen LogP) is 1.61. The van der Waals surface area contributed by atoms with Gasteiger partial charge in [0.2, 0.25) is 15.9 Å². The smallest absolute Gasteiger partial charge is 0.248 e. The van der Waals surface area contributed by atoms with E-state index in [0.29, 0.717) is 13.0 Å². The van der Waals surface area contributed by atoms with Gasteiger partial charge in [0.05, 0.1) is 4.90 Å². The van der Waals surface area contributed by atoms with Crippen molar-refractivity contribution in [3.8, 4) is 0 Å². The predicted molar refractivity (Wildman–Crippen MR) is 85.0 cm³/mol. The summed E-state index contributed by atoms with van der Waals surface area (Å²) in [5, 5.41) is 0. The molecule has 0 aliphatic rings. The summed E-state index contributed by atoms with van der Waals surface area (Å²) < 4.78 is 26.9. The number of primary amides is 1. The van der Waals surface area contributed by atoms with Gasteiger partial charge in [-0.1, -0.05) is 24.3 Å². The van der Waals surface area contributed by atoms with Crippen LogP contribution in [0.1, 0.15) is 21.5 Å². The minimum atomic E-state index is -3.59.